The molecule has 1 unspecified atom stereocenters. The summed E-state index contributed by atoms with van der Waals surface area (Å²) in [4.78, 5) is 12.4. The molecule has 3 N–H and O–H groups in total. The van der Waals surface area contributed by atoms with Gasteiger partial charge in [-0.05, 0) is 42.5 Å². The standard InChI is InChI=1S/C18H24N2O/c1-3-4-14-6-5-13(2)17(11-14)20-18(21)16-9-7-15(12-19)8-10-16/h5-9,11,16H,3-4,10,12,19H2,1-2H3,(H,20,21). The molecular formula is C18H24N2O. The number of hydrogen-bond acceptors (Lipinski definition) is 2. The van der Waals surface area contributed by atoms with E-state index in [4.69, 9.17) is 5.73 Å². The lowest BCUT2D eigenvalue weighted by molar-refractivity contribution is -0.118. The summed E-state index contributed by atoms with van der Waals surface area (Å²) in [7, 11) is 0. The highest BCUT2D eigenvalue weighted by molar-refractivity contribution is 5.94. The van der Waals surface area contributed by atoms with Crippen molar-refractivity contribution in [3.8, 4) is 0 Å². The third-order valence-corrected chi connectivity index (χ3v) is 3.85. The number of nitrogens with one attached hydrogen (secondary N) is 1. The summed E-state index contributed by atoms with van der Waals surface area (Å²) in [5, 5.41) is 3.06. The molecule has 21 heavy (non-hydrogen) atoms. The summed E-state index contributed by atoms with van der Waals surface area (Å²) in [6.07, 6.45) is 8.81. The maximum atomic E-state index is 12.4. The van der Waals surface area contributed by atoms with E-state index in [-0.39, 0.29) is 11.8 Å². The van der Waals surface area contributed by atoms with Gasteiger partial charge in [-0.1, -0.05) is 43.7 Å². The van der Waals surface area contributed by atoms with Crippen molar-refractivity contribution in [2.24, 2.45) is 11.7 Å². The van der Waals surface area contributed by atoms with Crippen LogP contribution in [0.2, 0.25) is 0 Å². The van der Waals surface area contributed by atoms with Gasteiger partial charge in [0, 0.05) is 12.2 Å². The van der Waals surface area contributed by atoms with Crippen LogP contribution >= 0.6 is 0 Å². The van der Waals surface area contributed by atoms with E-state index in [1.807, 2.05) is 25.2 Å². The molecule has 1 aliphatic carbocycles. The lowest BCUT2D eigenvalue weighted by atomic mass is 9.95. The predicted molar refractivity (Wildman–Crippen MR) is 88.2 cm³/mol. The minimum Gasteiger partial charge on any atom is -0.327 e. The minimum absolute atomic E-state index is 0.0512. The van der Waals surface area contributed by atoms with Crippen molar-refractivity contribution in [2.75, 3.05) is 11.9 Å². The van der Waals surface area contributed by atoms with Gasteiger partial charge < -0.3 is 11.1 Å². The average molecular weight is 284 g/mol. The number of nitrogens with two attached hydrogens (primary N) is 1. The molecule has 0 saturated carbocycles. The Kier molecular flexibility index (Phi) is 5.34. The lowest BCUT2D eigenvalue weighted by Crippen LogP contribution is -2.23. The van der Waals surface area contributed by atoms with E-state index in [0.717, 1.165) is 36.1 Å². The van der Waals surface area contributed by atoms with Gasteiger partial charge >= 0.3 is 0 Å². The van der Waals surface area contributed by atoms with E-state index >= 15 is 0 Å². The van der Waals surface area contributed by atoms with Crippen LogP contribution in [0.5, 0.6) is 0 Å². The summed E-state index contributed by atoms with van der Waals surface area (Å²) < 4.78 is 0. The fourth-order valence-electron chi connectivity index (χ4n) is 2.48. The van der Waals surface area contributed by atoms with Gasteiger partial charge in [0.15, 0.2) is 0 Å². The molecule has 3 heteroatoms. The van der Waals surface area contributed by atoms with E-state index in [2.05, 4.69) is 30.4 Å². The Morgan fingerprint density at radius 1 is 1.43 bits per heavy atom. The van der Waals surface area contributed by atoms with Gasteiger partial charge in [-0.15, -0.1) is 0 Å². The topological polar surface area (TPSA) is 55.1 Å². The number of carbonyl (C=O) groups excluding carboxylic acids is 1. The summed E-state index contributed by atoms with van der Waals surface area (Å²) in [6, 6.07) is 6.29. The molecule has 0 aromatic heterocycles. The summed E-state index contributed by atoms with van der Waals surface area (Å²) in [5.41, 5.74) is 9.98. The van der Waals surface area contributed by atoms with Crippen molar-refractivity contribution in [1.29, 1.82) is 0 Å². The largest absolute Gasteiger partial charge is 0.327 e. The summed E-state index contributed by atoms with van der Waals surface area (Å²) in [5.74, 6) is -0.0511. The number of allylic oxidation sites excluding steroid dienone is 1. The molecule has 3 nitrogen and oxygen atoms in total. The molecule has 1 aliphatic rings. The number of amides is 1. The molecule has 1 aromatic rings. The number of hydrogen-bond donors (Lipinski definition) is 2. The van der Waals surface area contributed by atoms with Crippen LogP contribution in [0.1, 0.15) is 30.9 Å². The monoisotopic (exact) mass is 284 g/mol. The lowest BCUT2D eigenvalue weighted by Gasteiger charge is -2.17. The van der Waals surface area contributed by atoms with Crippen molar-refractivity contribution in [3.63, 3.8) is 0 Å². The van der Waals surface area contributed by atoms with E-state index < -0.39 is 0 Å². The van der Waals surface area contributed by atoms with Crippen LogP contribution in [0.4, 0.5) is 5.69 Å². The van der Waals surface area contributed by atoms with Crippen LogP contribution in [0.3, 0.4) is 0 Å². The Hall–Kier alpha value is -1.87. The Balaban J connectivity index is 2.05. The highest BCUT2D eigenvalue weighted by Gasteiger charge is 2.17. The molecule has 0 fully saturated rings. The van der Waals surface area contributed by atoms with Gasteiger partial charge in [0.1, 0.15) is 0 Å². The van der Waals surface area contributed by atoms with E-state index in [0.29, 0.717) is 6.54 Å². The number of aryl methyl sites for hydroxylation is 2. The van der Waals surface area contributed by atoms with Crippen LogP contribution in [-0.2, 0) is 11.2 Å². The first-order valence-corrected chi connectivity index (χ1v) is 7.61. The molecule has 0 heterocycles. The van der Waals surface area contributed by atoms with Gasteiger partial charge in [0.2, 0.25) is 5.91 Å². The van der Waals surface area contributed by atoms with Crippen LogP contribution in [-0.4, -0.2) is 12.5 Å². The van der Waals surface area contributed by atoms with Crippen molar-refractivity contribution < 1.29 is 4.79 Å². The Bertz CT molecular complexity index is 573. The van der Waals surface area contributed by atoms with Crippen molar-refractivity contribution in [1.82, 2.24) is 0 Å². The molecule has 0 bridgehead atoms. The van der Waals surface area contributed by atoms with Gasteiger partial charge in [0.25, 0.3) is 0 Å². The molecule has 1 aromatic carbocycles. The Morgan fingerprint density at radius 3 is 2.86 bits per heavy atom. The fraction of sp³-hybridized carbons (Fsp3) is 0.389. The molecular weight excluding hydrogens is 260 g/mol. The van der Waals surface area contributed by atoms with Crippen LogP contribution in [0.15, 0.2) is 42.0 Å². The number of rotatable bonds is 5. The predicted octanol–water partition coefficient (Wildman–Crippen LogP) is 3.35. The fourth-order valence-corrected chi connectivity index (χ4v) is 2.48. The van der Waals surface area contributed by atoms with E-state index in [1.54, 1.807) is 0 Å². The van der Waals surface area contributed by atoms with Gasteiger partial charge in [-0.2, -0.15) is 0 Å². The molecule has 0 spiro atoms. The highest BCUT2D eigenvalue weighted by Crippen LogP contribution is 2.21. The number of benzene rings is 1. The summed E-state index contributed by atoms with van der Waals surface area (Å²) >= 11 is 0. The molecule has 0 aliphatic heterocycles. The summed E-state index contributed by atoms with van der Waals surface area (Å²) in [6.45, 7) is 4.71. The van der Waals surface area contributed by atoms with E-state index in [1.165, 1.54) is 5.56 Å². The van der Waals surface area contributed by atoms with E-state index in [9.17, 15) is 4.79 Å². The first-order chi connectivity index (χ1) is 10.1. The second kappa shape index (κ2) is 7.23. The van der Waals surface area contributed by atoms with Gasteiger partial charge in [-0.3, -0.25) is 4.79 Å². The van der Waals surface area contributed by atoms with Crippen LogP contribution in [0, 0.1) is 12.8 Å². The van der Waals surface area contributed by atoms with Gasteiger partial charge in [0.05, 0.1) is 5.92 Å². The molecule has 0 saturated heterocycles. The van der Waals surface area contributed by atoms with Crippen molar-refractivity contribution in [2.45, 2.75) is 33.1 Å². The highest BCUT2D eigenvalue weighted by atomic mass is 16.1. The Labute approximate surface area is 126 Å². The van der Waals surface area contributed by atoms with Crippen LogP contribution in [0.25, 0.3) is 0 Å². The zero-order valence-electron chi connectivity index (χ0n) is 12.9. The molecule has 1 atom stereocenters. The third kappa shape index (κ3) is 4.05. The number of anilines is 1. The average Bonchev–Trinajstić information content (AvgIpc) is 2.51. The first kappa shape index (κ1) is 15.5. The quantitative estimate of drug-likeness (QED) is 0.871. The smallest absolute Gasteiger partial charge is 0.231 e. The van der Waals surface area contributed by atoms with Crippen LogP contribution < -0.4 is 11.1 Å². The van der Waals surface area contributed by atoms with Crippen molar-refractivity contribution >= 4 is 11.6 Å². The zero-order valence-corrected chi connectivity index (χ0v) is 12.9. The molecule has 0 radical (unpaired) electrons. The number of carbonyl (C=O) groups is 1. The SMILES string of the molecule is CCCc1ccc(C)c(NC(=O)C2C=CC(CN)=CC2)c1. The van der Waals surface area contributed by atoms with Crippen molar-refractivity contribution in [3.05, 3.63) is 53.1 Å². The molecule has 112 valence electrons. The zero-order chi connectivity index (χ0) is 15.2. The van der Waals surface area contributed by atoms with Gasteiger partial charge in [-0.25, -0.2) is 0 Å². The maximum absolute atomic E-state index is 12.4. The third-order valence-electron chi connectivity index (χ3n) is 3.85. The normalized spacial score (nSPS) is 17.5. The second-order valence-electron chi connectivity index (χ2n) is 5.57. The first-order valence-electron chi connectivity index (χ1n) is 7.61. The second-order valence-corrected chi connectivity index (χ2v) is 5.57. The maximum Gasteiger partial charge on any atom is 0.231 e. The Morgan fingerprint density at radius 2 is 2.24 bits per heavy atom. The molecule has 2 rings (SSSR count). The molecule has 1 amide bonds. The minimum atomic E-state index is -0.102.